The lowest BCUT2D eigenvalue weighted by Crippen LogP contribution is -2.29. The number of hydrogen-bond donors (Lipinski definition) is 2. The van der Waals surface area contributed by atoms with Gasteiger partial charge in [-0.25, -0.2) is 13.1 Å². The van der Waals surface area contributed by atoms with Crippen molar-refractivity contribution in [3.63, 3.8) is 0 Å². The summed E-state index contributed by atoms with van der Waals surface area (Å²) in [6, 6.07) is 0. The van der Waals surface area contributed by atoms with Crippen molar-refractivity contribution < 1.29 is 18.3 Å². The number of carboxylic acids is 1. The molecule has 0 saturated heterocycles. The maximum atomic E-state index is 12.0. The fourth-order valence-electron chi connectivity index (χ4n) is 2.06. The number of nitrogens with zero attached hydrogens (tertiary/aromatic N) is 2. The summed E-state index contributed by atoms with van der Waals surface area (Å²) in [5, 5.41) is 12.3. The number of rotatable bonds is 6. The summed E-state index contributed by atoms with van der Waals surface area (Å²) in [4.78, 5) is 10.5. The van der Waals surface area contributed by atoms with Gasteiger partial charge >= 0.3 is 5.97 Å². The molecule has 0 fully saturated rings. The monoisotopic (exact) mass is 299 g/mol. The minimum atomic E-state index is -3.62. The first-order valence-corrected chi connectivity index (χ1v) is 7.84. The first-order chi connectivity index (χ1) is 9.47. The largest absolute Gasteiger partial charge is 0.480 e. The number of carboxylic acid groups (broad SMARTS) is 1. The van der Waals surface area contributed by atoms with Gasteiger partial charge in [-0.1, -0.05) is 12.2 Å². The van der Waals surface area contributed by atoms with Crippen LogP contribution in [0, 0.1) is 5.92 Å². The first-order valence-electron chi connectivity index (χ1n) is 6.36. The Morgan fingerprint density at radius 2 is 2.30 bits per heavy atom. The van der Waals surface area contributed by atoms with Gasteiger partial charge in [0, 0.05) is 12.7 Å². The zero-order valence-corrected chi connectivity index (χ0v) is 11.7. The Balaban J connectivity index is 1.97. The molecule has 0 bridgehead atoms. The van der Waals surface area contributed by atoms with E-state index >= 15 is 0 Å². The van der Waals surface area contributed by atoms with E-state index in [1.54, 1.807) is 0 Å². The Hall–Kier alpha value is -1.67. The summed E-state index contributed by atoms with van der Waals surface area (Å²) in [7, 11) is -3.62. The van der Waals surface area contributed by atoms with Crippen molar-refractivity contribution in [3.05, 3.63) is 24.5 Å². The third-order valence-corrected chi connectivity index (χ3v) is 4.53. The highest BCUT2D eigenvalue weighted by atomic mass is 32.2. The van der Waals surface area contributed by atoms with E-state index in [1.807, 2.05) is 0 Å². The quantitative estimate of drug-likeness (QED) is 0.749. The van der Waals surface area contributed by atoms with Crippen LogP contribution in [0.25, 0.3) is 0 Å². The molecule has 1 aromatic rings. The average Bonchev–Trinajstić information content (AvgIpc) is 2.86. The summed E-state index contributed by atoms with van der Waals surface area (Å²) < 4.78 is 27.7. The molecule has 7 nitrogen and oxygen atoms in total. The second kappa shape index (κ2) is 6.19. The number of sulfonamides is 1. The maximum absolute atomic E-state index is 12.0. The van der Waals surface area contributed by atoms with Gasteiger partial charge in [-0.05, 0) is 25.2 Å². The molecular formula is C12H17N3O4S. The van der Waals surface area contributed by atoms with E-state index in [0.29, 0.717) is 12.5 Å². The van der Waals surface area contributed by atoms with E-state index in [4.69, 9.17) is 5.11 Å². The highest BCUT2D eigenvalue weighted by Gasteiger charge is 2.19. The molecule has 20 heavy (non-hydrogen) atoms. The van der Waals surface area contributed by atoms with E-state index in [0.717, 1.165) is 30.1 Å². The van der Waals surface area contributed by atoms with Gasteiger partial charge < -0.3 is 5.11 Å². The molecule has 0 saturated carbocycles. The number of hydrogen-bond acceptors (Lipinski definition) is 4. The number of allylic oxidation sites excluding steroid dienone is 2. The number of nitrogens with one attached hydrogen (secondary N) is 1. The molecule has 1 aromatic heterocycles. The molecule has 1 aliphatic rings. The van der Waals surface area contributed by atoms with Crippen LogP contribution in [0.4, 0.5) is 0 Å². The van der Waals surface area contributed by atoms with Crippen molar-refractivity contribution in [1.29, 1.82) is 0 Å². The Labute approximate surface area is 117 Å². The lowest BCUT2D eigenvalue weighted by molar-refractivity contribution is -0.137. The molecule has 8 heteroatoms. The minimum absolute atomic E-state index is 0.00917. The number of aromatic nitrogens is 2. The van der Waals surface area contributed by atoms with Crippen LogP contribution < -0.4 is 4.72 Å². The third kappa shape index (κ3) is 3.91. The molecule has 2 N–H and O–H groups in total. The van der Waals surface area contributed by atoms with E-state index < -0.39 is 16.0 Å². The van der Waals surface area contributed by atoms with Crippen molar-refractivity contribution in [3.8, 4) is 0 Å². The summed E-state index contributed by atoms with van der Waals surface area (Å²) in [6.45, 7) is 0.0275. The van der Waals surface area contributed by atoms with Crippen molar-refractivity contribution in [2.75, 3.05) is 6.54 Å². The standard InChI is InChI=1S/C12H17N3O4S/c16-12(17)9-15-8-11(7-13-15)20(18,19)14-6-10-4-2-1-3-5-10/h1-2,7-8,10,14H,3-6,9H2,(H,16,17). The summed E-state index contributed by atoms with van der Waals surface area (Å²) in [5.74, 6) is -0.761. The van der Waals surface area contributed by atoms with Gasteiger partial charge in [-0.3, -0.25) is 9.48 Å². The van der Waals surface area contributed by atoms with Gasteiger partial charge in [-0.2, -0.15) is 5.10 Å². The van der Waals surface area contributed by atoms with Gasteiger partial charge in [0.15, 0.2) is 0 Å². The first kappa shape index (κ1) is 14.7. The van der Waals surface area contributed by atoms with Crippen LogP contribution in [0.1, 0.15) is 19.3 Å². The lowest BCUT2D eigenvalue weighted by atomic mass is 9.95. The van der Waals surface area contributed by atoms with Gasteiger partial charge in [0.2, 0.25) is 10.0 Å². The fourth-order valence-corrected chi connectivity index (χ4v) is 3.13. The smallest absolute Gasteiger partial charge is 0.325 e. The van der Waals surface area contributed by atoms with Crippen LogP contribution in [-0.2, 0) is 21.4 Å². The molecule has 1 unspecified atom stereocenters. The average molecular weight is 299 g/mol. The van der Waals surface area contributed by atoms with Crippen molar-refractivity contribution in [2.45, 2.75) is 30.7 Å². The molecular weight excluding hydrogens is 282 g/mol. The highest BCUT2D eigenvalue weighted by Crippen LogP contribution is 2.18. The number of aliphatic carboxylic acids is 1. The zero-order chi connectivity index (χ0) is 14.6. The Morgan fingerprint density at radius 3 is 2.95 bits per heavy atom. The molecule has 1 aliphatic carbocycles. The predicted octanol–water partition coefficient (Wildman–Crippen LogP) is 0.602. The highest BCUT2D eigenvalue weighted by molar-refractivity contribution is 7.89. The lowest BCUT2D eigenvalue weighted by Gasteiger charge is -2.17. The third-order valence-electron chi connectivity index (χ3n) is 3.16. The van der Waals surface area contributed by atoms with Crippen LogP contribution in [0.5, 0.6) is 0 Å². The predicted molar refractivity (Wildman–Crippen MR) is 71.5 cm³/mol. The molecule has 0 radical (unpaired) electrons. The zero-order valence-electron chi connectivity index (χ0n) is 10.9. The van der Waals surface area contributed by atoms with Crippen molar-refractivity contribution in [2.24, 2.45) is 5.92 Å². The normalized spacial score (nSPS) is 19.1. The number of carbonyl (C=O) groups is 1. The van der Waals surface area contributed by atoms with E-state index in [-0.39, 0.29) is 11.4 Å². The van der Waals surface area contributed by atoms with Crippen LogP contribution in [-0.4, -0.2) is 35.8 Å². The van der Waals surface area contributed by atoms with Crippen LogP contribution in [0.2, 0.25) is 0 Å². The van der Waals surface area contributed by atoms with Crippen LogP contribution in [0.3, 0.4) is 0 Å². The maximum Gasteiger partial charge on any atom is 0.325 e. The van der Waals surface area contributed by atoms with Gasteiger partial charge in [-0.15, -0.1) is 0 Å². The Bertz CT molecular complexity index is 606. The topological polar surface area (TPSA) is 101 Å². The molecule has 0 amide bonds. The summed E-state index contributed by atoms with van der Waals surface area (Å²) >= 11 is 0. The van der Waals surface area contributed by atoms with Gasteiger partial charge in [0.05, 0.1) is 6.20 Å². The van der Waals surface area contributed by atoms with Gasteiger partial charge in [0.1, 0.15) is 11.4 Å². The van der Waals surface area contributed by atoms with Gasteiger partial charge in [0.25, 0.3) is 0 Å². The van der Waals surface area contributed by atoms with E-state index in [2.05, 4.69) is 22.0 Å². The second-order valence-electron chi connectivity index (χ2n) is 4.77. The molecule has 1 heterocycles. The molecule has 0 aliphatic heterocycles. The Kier molecular flexibility index (Phi) is 4.56. The van der Waals surface area contributed by atoms with Crippen LogP contribution >= 0.6 is 0 Å². The van der Waals surface area contributed by atoms with Crippen molar-refractivity contribution >= 4 is 16.0 Å². The minimum Gasteiger partial charge on any atom is -0.480 e. The molecule has 0 spiro atoms. The molecule has 0 aromatic carbocycles. The van der Waals surface area contributed by atoms with Crippen molar-refractivity contribution in [1.82, 2.24) is 14.5 Å². The summed E-state index contributed by atoms with van der Waals surface area (Å²) in [5.41, 5.74) is 0. The molecule has 110 valence electrons. The molecule has 1 atom stereocenters. The molecule has 2 rings (SSSR count). The van der Waals surface area contributed by atoms with Crippen LogP contribution in [0.15, 0.2) is 29.4 Å². The van der Waals surface area contributed by atoms with E-state index in [1.165, 1.54) is 6.20 Å². The summed E-state index contributed by atoms with van der Waals surface area (Å²) in [6.07, 6.45) is 9.36. The second-order valence-corrected chi connectivity index (χ2v) is 6.54. The SMILES string of the molecule is O=C(O)Cn1cc(S(=O)(=O)NCC2CC=CCC2)cn1. The Morgan fingerprint density at radius 1 is 1.50 bits per heavy atom. The van der Waals surface area contributed by atoms with E-state index in [9.17, 15) is 13.2 Å². The fraction of sp³-hybridized carbons (Fsp3) is 0.500.